The fourth-order valence-corrected chi connectivity index (χ4v) is 4.45. The molecule has 0 aromatic carbocycles. The first-order valence-corrected chi connectivity index (χ1v) is 7.66. The van der Waals surface area contributed by atoms with E-state index in [1.807, 2.05) is 0 Å². The zero-order chi connectivity index (χ0) is 11.1. The van der Waals surface area contributed by atoms with Crippen LogP contribution in [0.15, 0.2) is 0 Å². The molecule has 1 atom stereocenters. The highest BCUT2D eigenvalue weighted by atomic mass is 32.2. The Bertz CT molecular complexity index is 320. The zero-order valence-electron chi connectivity index (χ0n) is 9.62. The Labute approximate surface area is 92.6 Å². The van der Waals surface area contributed by atoms with Gasteiger partial charge in [0.25, 0.3) is 0 Å². The highest BCUT2D eigenvalue weighted by Gasteiger charge is 2.37. The summed E-state index contributed by atoms with van der Waals surface area (Å²) in [4.78, 5) is 0. The van der Waals surface area contributed by atoms with Crippen LogP contribution in [0.25, 0.3) is 0 Å². The van der Waals surface area contributed by atoms with Crippen molar-refractivity contribution < 1.29 is 8.42 Å². The molecule has 0 spiro atoms. The van der Waals surface area contributed by atoms with E-state index in [-0.39, 0.29) is 5.54 Å². The van der Waals surface area contributed by atoms with E-state index in [2.05, 4.69) is 19.2 Å². The van der Waals surface area contributed by atoms with E-state index in [1.165, 1.54) is 6.42 Å². The van der Waals surface area contributed by atoms with Gasteiger partial charge in [0.2, 0.25) is 0 Å². The molecule has 88 valence electrons. The van der Waals surface area contributed by atoms with Crippen LogP contribution in [-0.4, -0.2) is 32.0 Å². The topological polar surface area (TPSA) is 46.2 Å². The van der Waals surface area contributed by atoms with Crippen molar-refractivity contribution in [3.63, 3.8) is 0 Å². The van der Waals surface area contributed by atoms with E-state index >= 15 is 0 Å². The zero-order valence-corrected chi connectivity index (χ0v) is 10.4. The number of hydrogen-bond donors (Lipinski definition) is 1. The third-order valence-electron chi connectivity index (χ3n) is 3.88. The highest BCUT2D eigenvalue weighted by Crippen LogP contribution is 2.34. The molecule has 4 heteroatoms. The molecule has 3 nitrogen and oxygen atoms in total. The lowest BCUT2D eigenvalue weighted by atomic mass is 9.83. The normalized spacial score (nSPS) is 35.5. The lowest BCUT2D eigenvalue weighted by molar-refractivity contribution is 0.312. The number of sulfone groups is 1. The second-order valence-electron chi connectivity index (χ2n) is 5.72. The smallest absolute Gasteiger partial charge is 0.150 e. The molecule has 2 fully saturated rings. The standard InChI is InChI=1S/C11H21NO2S/c1-11(2)7-10(8-12-11)9-3-5-15(13,14)6-4-9/h9-10,12H,3-8H2,1-2H3. The van der Waals surface area contributed by atoms with Crippen LogP contribution >= 0.6 is 0 Å². The maximum atomic E-state index is 11.3. The number of rotatable bonds is 1. The Hall–Kier alpha value is -0.0900. The Morgan fingerprint density at radius 3 is 2.20 bits per heavy atom. The van der Waals surface area contributed by atoms with E-state index < -0.39 is 9.84 Å². The van der Waals surface area contributed by atoms with Gasteiger partial charge in [-0.25, -0.2) is 8.42 Å². The Morgan fingerprint density at radius 1 is 1.13 bits per heavy atom. The largest absolute Gasteiger partial charge is 0.311 e. The molecular weight excluding hydrogens is 210 g/mol. The van der Waals surface area contributed by atoms with E-state index in [4.69, 9.17) is 0 Å². The second kappa shape index (κ2) is 3.74. The summed E-state index contributed by atoms with van der Waals surface area (Å²) < 4.78 is 22.6. The molecule has 2 aliphatic heterocycles. The third kappa shape index (κ3) is 2.72. The van der Waals surface area contributed by atoms with Crippen LogP contribution in [0.4, 0.5) is 0 Å². The van der Waals surface area contributed by atoms with Crippen molar-refractivity contribution in [2.24, 2.45) is 11.8 Å². The molecule has 2 heterocycles. The first-order chi connectivity index (χ1) is 6.88. The quantitative estimate of drug-likeness (QED) is 0.737. The fourth-order valence-electron chi connectivity index (χ4n) is 2.92. The van der Waals surface area contributed by atoms with Crippen LogP contribution in [0, 0.1) is 11.8 Å². The monoisotopic (exact) mass is 231 g/mol. The molecule has 0 amide bonds. The van der Waals surface area contributed by atoms with Gasteiger partial charge in [0.15, 0.2) is 0 Å². The van der Waals surface area contributed by atoms with Gasteiger partial charge in [0, 0.05) is 5.54 Å². The Morgan fingerprint density at radius 2 is 1.73 bits per heavy atom. The van der Waals surface area contributed by atoms with Crippen LogP contribution in [0.1, 0.15) is 33.1 Å². The van der Waals surface area contributed by atoms with Crippen LogP contribution in [0.2, 0.25) is 0 Å². The van der Waals surface area contributed by atoms with Gasteiger partial charge < -0.3 is 5.32 Å². The molecule has 0 bridgehead atoms. The van der Waals surface area contributed by atoms with Crippen molar-refractivity contribution in [2.75, 3.05) is 18.1 Å². The lowest BCUT2D eigenvalue weighted by Gasteiger charge is -2.27. The van der Waals surface area contributed by atoms with Gasteiger partial charge in [-0.2, -0.15) is 0 Å². The minimum Gasteiger partial charge on any atom is -0.311 e. The summed E-state index contributed by atoms with van der Waals surface area (Å²) >= 11 is 0. The van der Waals surface area contributed by atoms with Crippen molar-refractivity contribution in [3.8, 4) is 0 Å². The maximum Gasteiger partial charge on any atom is 0.150 e. The fraction of sp³-hybridized carbons (Fsp3) is 1.00. The maximum absolute atomic E-state index is 11.3. The van der Waals surface area contributed by atoms with Gasteiger partial charge in [-0.05, 0) is 51.5 Å². The Balaban J connectivity index is 1.92. The summed E-state index contributed by atoms with van der Waals surface area (Å²) in [6.45, 7) is 5.52. The van der Waals surface area contributed by atoms with Gasteiger partial charge in [-0.15, -0.1) is 0 Å². The molecule has 1 N–H and O–H groups in total. The van der Waals surface area contributed by atoms with Crippen molar-refractivity contribution in [3.05, 3.63) is 0 Å². The minimum atomic E-state index is -2.69. The second-order valence-corrected chi connectivity index (χ2v) is 8.02. The Kier molecular flexibility index (Phi) is 2.84. The third-order valence-corrected chi connectivity index (χ3v) is 5.60. The summed E-state index contributed by atoms with van der Waals surface area (Å²) in [5.74, 6) is 2.14. The lowest BCUT2D eigenvalue weighted by Crippen LogP contribution is -2.31. The van der Waals surface area contributed by atoms with E-state index in [1.54, 1.807) is 0 Å². The van der Waals surface area contributed by atoms with Crippen molar-refractivity contribution in [1.82, 2.24) is 5.32 Å². The van der Waals surface area contributed by atoms with E-state index in [0.29, 0.717) is 23.3 Å². The van der Waals surface area contributed by atoms with E-state index in [0.717, 1.165) is 19.4 Å². The average molecular weight is 231 g/mol. The van der Waals surface area contributed by atoms with Crippen LogP contribution < -0.4 is 5.32 Å². The van der Waals surface area contributed by atoms with Gasteiger partial charge in [-0.1, -0.05) is 0 Å². The highest BCUT2D eigenvalue weighted by molar-refractivity contribution is 7.91. The summed E-state index contributed by atoms with van der Waals surface area (Å²) in [5, 5.41) is 3.51. The molecule has 0 saturated carbocycles. The van der Waals surface area contributed by atoms with Crippen molar-refractivity contribution in [2.45, 2.75) is 38.6 Å². The molecule has 0 aromatic heterocycles. The van der Waals surface area contributed by atoms with Gasteiger partial charge in [-0.3, -0.25) is 0 Å². The first-order valence-electron chi connectivity index (χ1n) is 5.83. The predicted octanol–water partition coefficient (Wildman–Crippen LogP) is 1.20. The number of hydrogen-bond acceptors (Lipinski definition) is 3. The SMILES string of the molecule is CC1(C)CC(C2CCS(=O)(=O)CC2)CN1. The minimum absolute atomic E-state index is 0.251. The van der Waals surface area contributed by atoms with E-state index in [9.17, 15) is 8.42 Å². The molecule has 15 heavy (non-hydrogen) atoms. The van der Waals surface area contributed by atoms with Crippen molar-refractivity contribution >= 4 is 9.84 Å². The molecule has 2 saturated heterocycles. The average Bonchev–Trinajstić information content (AvgIpc) is 2.46. The molecule has 0 radical (unpaired) electrons. The molecule has 0 aliphatic carbocycles. The summed E-state index contributed by atoms with van der Waals surface area (Å²) in [6, 6.07) is 0. The van der Waals surface area contributed by atoms with Gasteiger partial charge in [0.05, 0.1) is 11.5 Å². The van der Waals surface area contributed by atoms with Gasteiger partial charge in [0.1, 0.15) is 9.84 Å². The van der Waals surface area contributed by atoms with Crippen molar-refractivity contribution in [1.29, 1.82) is 0 Å². The summed E-state index contributed by atoms with van der Waals surface area (Å²) in [6.07, 6.45) is 2.95. The molecule has 2 aliphatic rings. The molecular formula is C11H21NO2S. The predicted molar refractivity (Wildman–Crippen MR) is 61.6 cm³/mol. The van der Waals surface area contributed by atoms with Crippen LogP contribution in [-0.2, 0) is 9.84 Å². The van der Waals surface area contributed by atoms with Crippen LogP contribution in [0.5, 0.6) is 0 Å². The molecule has 2 rings (SSSR count). The summed E-state index contributed by atoms with van der Waals surface area (Å²) in [5.41, 5.74) is 0.251. The van der Waals surface area contributed by atoms with Crippen LogP contribution in [0.3, 0.4) is 0 Å². The number of nitrogens with one attached hydrogen (secondary N) is 1. The molecule has 1 unspecified atom stereocenters. The molecule has 0 aromatic rings. The first kappa shape index (κ1) is 11.4. The van der Waals surface area contributed by atoms with Gasteiger partial charge >= 0.3 is 0 Å². The summed E-state index contributed by atoms with van der Waals surface area (Å²) in [7, 11) is -2.69.